The van der Waals surface area contributed by atoms with Crippen molar-refractivity contribution in [2.24, 2.45) is 0 Å². The average Bonchev–Trinajstić information content (AvgIpc) is 3.42. The highest BCUT2D eigenvalue weighted by Crippen LogP contribution is 2.33. The number of benzene rings is 1. The maximum Gasteiger partial charge on any atom is 0.210 e. The van der Waals surface area contributed by atoms with Gasteiger partial charge in [0.25, 0.3) is 0 Å². The van der Waals surface area contributed by atoms with Crippen LogP contribution in [-0.4, -0.2) is 63.4 Å². The van der Waals surface area contributed by atoms with E-state index in [1.165, 1.54) is 6.07 Å². The second-order valence-corrected chi connectivity index (χ2v) is 8.52. The molecule has 2 saturated heterocycles. The Balaban J connectivity index is 1.21. The molecule has 2 fully saturated rings. The molecule has 5 heterocycles. The summed E-state index contributed by atoms with van der Waals surface area (Å²) < 4.78 is 27.3. The number of rotatable bonds is 5. The van der Waals surface area contributed by atoms with Crippen LogP contribution in [-0.2, 0) is 17.7 Å². The van der Waals surface area contributed by atoms with Gasteiger partial charge in [0.1, 0.15) is 17.9 Å². The molecular formula is C22H25FN6O2. The van der Waals surface area contributed by atoms with Crippen LogP contribution in [0.5, 0.6) is 5.75 Å². The molecule has 0 unspecified atom stereocenters. The summed E-state index contributed by atoms with van der Waals surface area (Å²) >= 11 is 0. The summed E-state index contributed by atoms with van der Waals surface area (Å²) in [5.41, 5.74) is 3.53. The van der Waals surface area contributed by atoms with E-state index in [0.29, 0.717) is 36.6 Å². The van der Waals surface area contributed by atoms with Crippen LogP contribution in [0.2, 0.25) is 0 Å². The highest BCUT2D eigenvalue weighted by molar-refractivity contribution is 5.53. The van der Waals surface area contributed by atoms with Crippen molar-refractivity contribution in [3.8, 4) is 5.75 Å². The number of halogens is 1. The number of nitrogens with zero attached hydrogens (tertiary/aromatic N) is 5. The minimum Gasteiger partial charge on any atom is -0.493 e. The van der Waals surface area contributed by atoms with Crippen LogP contribution in [0.4, 0.5) is 10.3 Å². The molecule has 8 nitrogen and oxygen atoms in total. The van der Waals surface area contributed by atoms with Crippen LogP contribution in [0.15, 0.2) is 24.7 Å². The quantitative estimate of drug-likeness (QED) is 0.674. The molecular weight excluding hydrogens is 399 g/mol. The molecule has 31 heavy (non-hydrogen) atoms. The Morgan fingerprint density at radius 1 is 1.19 bits per heavy atom. The number of likely N-dealkylation sites (tertiary alicyclic amines) is 1. The van der Waals surface area contributed by atoms with Crippen LogP contribution in [0.3, 0.4) is 0 Å². The van der Waals surface area contributed by atoms with Crippen LogP contribution < -0.4 is 10.1 Å². The van der Waals surface area contributed by atoms with Gasteiger partial charge in [-0.15, -0.1) is 10.2 Å². The lowest BCUT2D eigenvalue weighted by molar-refractivity contribution is -0.0712. The van der Waals surface area contributed by atoms with E-state index < -0.39 is 0 Å². The first-order valence-corrected chi connectivity index (χ1v) is 11.0. The van der Waals surface area contributed by atoms with E-state index in [4.69, 9.17) is 9.47 Å². The van der Waals surface area contributed by atoms with Gasteiger partial charge in [0.2, 0.25) is 5.95 Å². The smallest absolute Gasteiger partial charge is 0.210 e. The predicted molar refractivity (Wildman–Crippen MR) is 112 cm³/mol. The van der Waals surface area contributed by atoms with Crippen molar-refractivity contribution in [2.45, 2.75) is 37.8 Å². The Bertz CT molecular complexity index is 1110. The van der Waals surface area contributed by atoms with E-state index >= 15 is 0 Å². The average molecular weight is 424 g/mol. The Labute approximate surface area is 179 Å². The van der Waals surface area contributed by atoms with Crippen molar-refractivity contribution in [2.75, 3.05) is 38.2 Å². The van der Waals surface area contributed by atoms with Crippen LogP contribution in [0.1, 0.15) is 35.4 Å². The fourth-order valence-corrected chi connectivity index (χ4v) is 4.94. The van der Waals surface area contributed by atoms with Gasteiger partial charge in [-0.2, -0.15) is 0 Å². The molecule has 1 aromatic carbocycles. The molecule has 3 aliphatic rings. The molecule has 0 aliphatic carbocycles. The number of aromatic nitrogens is 4. The van der Waals surface area contributed by atoms with Gasteiger partial charge in [-0.05, 0) is 44.0 Å². The van der Waals surface area contributed by atoms with Crippen molar-refractivity contribution in [1.29, 1.82) is 0 Å². The lowest BCUT2D eigenvalue weighted by atomic mass is 9.90. The largest absolute Gasteiger partial charge is 0.493 e. The standard InChI is InChI=1S/C22H25FN6O2/c23-19-1-2-20-16(5-8-31-20)18(19)10-25-22-24-9-17(21-27-26-13-29(21)22)14-3-6-28(7-4-14)15-11-30-12-15/h1-2,9,13-15H,3-8,10-12H2,(H,24,25). The molecule has 162 valence electrons. The first-order valence-electron chi connectivity index (χ1n) is 11.0. The summed E-state index contributed by atoms with van der Waals surface area (Å²) in [6.45, 7) is 4.79. The lowest BCUT2D eigenvalue weighted by Gasteiger charge is -2.41. The fourth-order valence-electron chi connectivity index (χ4n) is 4.94. The monoisotopic (exact) mass is 424 g/mol. The predicted octanol–water partition coefficient (Wildman–Crippen LogP) is 2.39. The normalized spacial score (nSPS) is 19.9. The zero-order chi connectivity index (χ0) is 20.8. The van der Waals surface area contributed by atoms with Gasteiger partial charge in [0.05, 0.1) is 25.9 Å². The van der Waals surface area contributed by atoms with E-state index in [1.807, 2.05) is 10.6 Å². The van der Waals surface area contributed by atoms with Gasteiger partial charge in [-0.3, -0.25) is 9.30 Å². The van der Waals surface area contributed by atoms with E-state index in [2.05, 4.69) is 25.4 Å². The van der Waals surface area contributed by atoms with Crippen LogP contribution in [0, 0.1) is 5.82 Å². The topological polar surface area (TPSA) is 76.8 Å². The van der Waals surface area contributed by atoms with Gasteiger partial charge in [0, 0.05) is 35.9 Å². The molecule has 9 heteroatoms. The summed E-state index contributed by atoms with van der Waals surface area (Å²) in [5.74, 6) is 1.58. The van der Waals surface area contributed by atoms with Gasteiger partial charge in [-0.25, -0.2) is 9.37 Å². The van der Waals surface area contributed by atoms with Crippen molar-refractivity contribution >= 4 is 11.6 Å². The molecule has 0 atom stereocenters. The van der Waals surface area contributed by atoms with Crippen molar-refractivity contribution in [3.05, 3.63) is 47.2 Å². The minimum atomic E-state index is -0.225. The van der Waals surface area contributed by atoms with Gasteiger partial charge in [0.15, 0.2) is 5.65 Å². The summed E-state index contributed by atoms with van der Waals surface area (Å²) in [7, 11) is 0. The Morgan fingerprint density at radius 2 is 2.06 bits per heavy atom. The van der Waals surface area contributed by atoms with E-state index in [-0.39, 0.29) is 5.82 Å². The zero-order valence-electron chi connectivity index (χ0n) is 17.3. The van der Waals surface area contributed by atoms with Crippen molar-refractivity contribution in [3.63, 3.8) is 0 Å². The lowest BCUT2D eigenvalue weighted by Crippen LogP contribution is -2.51. The molecule has 6 rings (SSSR count). The summed E-state index contributed by atoms with van der Waals surface area (Å²) in [5, 5.41) is 11.8. The minimum absolute atomic E-state index is 0.225. The first kappa shape index (κ1) is 18.9. The molecule has 3 aliphatic heterocycles. The number of fused-ring (bicyclic) bond motifs is 2. The number of nitrogens with one attached hydrogen (secondary N) is 1. The molecule has 0 amide bonds. The number of anilines is 1. The number of hydrogen-bond donors (Lipinski definition) is 1. The van der Waals surface area contributed by atoms with Crippen LogP contribution in [0.25, 0.3) is 5.65 Å². The van der Waals surface area contributed by atoms with Crippen molar-refractivity contribution < 1.29 is 13.9 Å². The highest BCUT2D eigenvalue weighted by atomic mass is 19.1. The first-order chi connectivity index (χ1) is 15.3. The van der Waals surface area contributed by atoms with E-state index in [1.54, 1.807) is 12.4 Å². The third kappa shape index (κ3) is 3.32. The fraction of sp³-hybridized carbons (Fsp3) is 0.500. The second-order valence-electron chi connectivity index (χ2n) is 8.52. The third-order valence-corrected chi connectivity index (χ3v) is 6.83. The molecule has 1 N–H and O–H groups in total. The number of hydrogen-bond acceptors (Lipinski definition) is 7. The number of ether oxygens (including phenoxy) is 2. The molecule has 0 radical (unpaired) electrons. The maximum absolute atomic E-state index is 14.5. The van der Waals surface area contributed by atoms with E-state index in [0.717, 1.165) is 68.1 Å². The third-order valence-electron chi connectivity index (χ3n) is 6.83. The van der Waals surface area contributed by atoms with Gasteiger partial charge in [-0.1, -0.05) is 0 Å². The number of piperidine rings is 1. The molecule has 0 spiro atoms. The van der Waals surface area contributed by atoms with Crippen LogP contribution >= 0.6 is 0 Å². The summed E-state index contributed by atoms with van der Waals surface area (Å²) in [6, 6.07) is 3.76. The van der Waals surface area contributed by atoms with Gasteiger partial charge >= 0.3 is 0 Å². The van der Waals surface area contributed by atoms with Crippen molar-refractivity contribution in [1.82, 2.24) is 24.5 Å². The Kier molecular flexibility index (Phi) is 4.72. The van der Waals surface area contributed by atoms with E-state index in [9.17, 15) is 4.39 Å². The van der Waals surface area contributed by atoms with Gasteiger partial charge < -0.3 is 14.8 Å². The zero-order valence-corrected chi connectivity index (χ0v) is 17.3. The summed E-state index contributed by atoms with van der Waals surface area (Å²) in [6.07, 6.45) is 6.46. The molecule has 3 aromatic rings. The highest BCUT2D eigenvalue weighted by Gasteiger charge is 2.31. The molecule has 2 aromatic heterocycles. The summed E-state index contributed by atoms with van der Waals surface area (Å²) in [4.78, 5) is 7.19. The second kappa shape index (κ2) is 7.72. The SMILES string of the molecule is Fc1ccc2c(c1CNc1ncc(C3CCN(C4COC4)CC3)c3nncn13)CCO2. The molecule has 0 saturated carbocycles. The Hall–Kier alpha value is -2.78. The molecule has 0 bridgehead atoms. The maximum atomic E-state index is 14.5. The Morgan fingerprint density at radius 3 is 2.87 bits per heavy atom.